The number of ether oxygens (including phenoxy) is 1. The summed E-state index contributed by atoms with van der Waals surface area (Å²) in [7, 11) is 1.82. The molecule has 106 valence electrons. The lowest BCUT2D eigenvalue weighted by Crippen LogP contribution is -2.36. The van der Waals surface area contributed by atoms with Crippen molar-refractivity contribution in [2.45, 2.75) is 64.6 Å². The van der Waals surface area contributed by atoms with Crippen molar-refractivity contribution < 1.29 is 4.74 Å². The predicted octanol–water partition coefficient (Wildman–Crippen LogP) is 3.12. The van der Waals surface area contributed by atoms with Crippen LogP contribution in [0.2, 0.25) is 0 Å². The Labute approximate surface area is 116 Å². The average Bonchev–Trinajstić information content (AvgIpc) is 2.54. The van der Waals surface area contributed by atoms with Gasteiger partial charge < -0.3 is 15.0 Å². The molecule has 19 heavy (non-hydrogen) atoms. The summed E-state index contributed by atoms with van der Waals surface area (Å²) in [5.74, 6) is 0. The molecule has 1 atom stereocenters. The zero-order valence-corrected chi connectivity index (χ0v) is 12.6. The summed E-state index contributed by atoms with van der Waals surface area (Å²) >= 11 is 0. The summed E-state index contributed by atoms with van der Waals surface area (Å²) in [5.41, 5.74) is 10.9. The maximum Gasteiger partial charge on any atom is 0.0610 e. The number of nitrogens with zero attached hydrogens (tertiary/aromatic N) is 1. The van der Waals surface area contributed by atoms with Gasteiger partial charge in [0, 0.05) is 30.6 Å². The van der Waals surface area contributed by atoms with E-state index in [4.69, 9.17) is 10.5 Å². The van der Waals surface area contributed by atoms with Crippen LogP contribution in [0.4, 0.5) is 0 Å². The molecule has 0 bridgehead atoms. The molecule has 0 amide bonds. The van der Waals surface area contributed by atoms with Gasteiger partial charge in [0.25, 0.3) is 0 Å². The van der Waals surface area contributed by atoms with Crippen LogP contribution in [-0.4, -0.2) is 17.8 Å². The third kappa shape index (κ3) is 2.13. The van der Waals surface area contributed by atoms with Crippen LogP contribution < -0.4 is 5.73 Å². The Morgan fingerprint density at radius 2 is 2.05 bits per heavy atom. The Hall–Kier alpha value is -0.800. The summed E-state index contributed by atoms with van der Waals surface area (Å²) in [4.78, 5) is 0. The Morgan fingerprint density at radius 1 is 1.37 bits per heavy atom. The van der Waals surface area contributed by atoms with E-state index in [9.17, 15) is 0 Å². The van der Waals surface area contributed by atoms with Crippen LogP contribution >= 0.6 is 0 Å². The molecule has 2 aliphatic carbocycles. The zero-order valence-electron chi connectivity index (χ0n) is 12.6. The average molecular weight is 262 g/mol. The lowest BCUT2D eigenvalue weighted by molar-refractivity contribution is 0.00445. The van der Waals surface area contributed by atoms with Crippen molar-refractivity contribution in [1.29, 1.82) is 0 Å². The first-order chi connectivity index (χ1) is 8.91. The van der Waals surface area contributed by atoms with Gasteiger partial charge in [0.2, 0.25) is 0 Å². The molecule has 2 N–H and O–H groups in total. The van der Waals surface area contributed by atoms with Crippen LogP contribution in [0.1, 0.15) is 62.1 Å². The third-order valence-electron chi connectivity index (χ3n) is 4.95. The van der Waals surface area contributed by atoms with Gasteiger partial charge in [-0.25, -0.2) is 0 Å². The maximum atomic E-state index is 6.38. The van der Waals surface area contributed by atoms with E-state index in [1.54, 1.807) is 0 Å². The summed E-state index contributed by atoms with van der Waals surface area (Å²) in [6.45, 7) is 6.89. The van der Waals surface area contributed by atoms with Gasteiger partial charge in [-0.1, -0.05) is 13.8 Å². The molecule has 3 rings (SSSR count). The highest BCUT2D eigenvalue weighted by Gasteiger charge is 2.38. The molecule has 3 heteroatoms. The standard InChI is InChI=1S/C16H26N2O/c1-10-5-13-14(17)8-16(2,3)9-15(13)18(10)11-6-12(7-11)19-4/h5,11-12,14H,6-9,17H2,1-4H3. The molecular weight excluding hydrogens is 236 g/mol. The Kier molecular flexibility index (Phi) is 3.02. The van der Waals surface area contributed by atoms with Crippen molar-refractivity contribution in [1.82, 2.24) is 4.57 Å². The summed E-state index contributed by atoms with van der Waals surface area (Å²) in [6.07, 6.45) is 4.99. The molecule has 1 unspecified atom stereocenters. The van der Waals surface area contributed by atoms with Gasteiger partial charge in [0.05, 0.1) is 6.10 Å². The van der Waals surface area contributed by atoms with Crippen molar-refractivity contribution >= 4 is 0 Å². The van der Waals surface area contributed by atoms with Crippen LogP contribution in [0, 0.1) is 12.3 Å². The molecular formula is C16H26N2O. The smallest absolute Gasteiger partial charge is 0.0610 e. The number of fused-ring (bicyclic) bond motifs is 1. The first-order valence-corrected chi connectivity index (χ1v) is 7.40. The van der Waals surface area contributed by atoms with E-state index < -0.39 is 0 Å². The second-order valence-electron chi connectivity index (χ2n) is 7.19. The van der Waals surface area contributed by atoms with Gasteiger partial charge >= 0.3 is 0 Å². The van der Waals surface area contributed by atoms with Crippen LogP contribution in [0.5, 0.6) is 0 Å². The number of aromatic nitrogens is 1. The fraction of sp³-hybridized carbons (Fsp3) is 0.750. The SMILES string of the molecule is COC1CC(n2c(C)cc3c2CC(C)(C)CC3N)C1. The van der Waals surface area contributed by atoms with E-state index in [1.165, 1.54) is 17.0 Å². The minimum absolute atomic E-state index is 0.206. The molecule has 0 spiro atoms. The molecule has 0 saturated heterocycles. The fourth-order valence-corrected chi connectivity index (χ4v) is 3.92. The third-order valence-corrected chi connectivity index (χ3v) is 4.95. The van der Waals surface area contributed by atoms with Crippen molar-refractivity contribution in [3.8, 4) is 0 Å². The summed E-state index contributed by atoms with van der Waals surface area (Å²) < 4.78 is 7.97. The van der Waals surface area contributed by atoms with Gasteiger partial charge in [0.15, 0.2) is 0 Å². The largest absolute Gasteiger partial charge is 0.381 e. The fourth-order valence-electron chi connectivity index (χ4n) is 3.92. The summed E-state index contributed by atoms with van der Waals surface area (Å²) in [6, 6.07) is 3.14. The highest BCUT2D eigenvalue weighted by molar-refractivity contribution is 5.35. The molecule has 1 fully saturated rings. The Balaban J connectivity index is 1.94. The lowest BCUT2D eigenvalue weighted by Gasteiger charge is -2.40. The number of rotatable bonds is 2. The van der Waals surface area contributed by atoms with Crippen molar-refractivity contribution in [3.05, 3.63) is 23.0 Å². The molecule has 1 aromatic heterocycles. The highest BCUT2D eigenvalue weighted by atomic mass is 16.5. The van der Waals surface area contributed by atoms with Gasteiger partial charge in [-0.15, -0.1) is 0 Å². The molecule has 1 heterocycles. The first-order valence-electron chi connectivity index (χ1n) is 7.40. The Bertz CT molecular complexity index is 483. The van der Waals surface area contributed by atoms with Crippen LogP contribution in [0.3, 0.4) is 0 Å². The Morgan fingerprint density at radius 3 is 2.68 bits per heavy atom. The number of hydrogen-bond donors (Lipinski definition) is 1. The van der Waals surface area contributed by atoms with Crippen LogP contribution in [0.25, 0.3) is 0 Å². The van der Waals surface area contributed by atoms with Crippen molar-refractivity contribution in [2.75, 3.05) is 7.11 Å². The molecule has 0 radical (unpaired) electrons. The first kappa shape index (κ1) is 13.2. The van der Waals surface area contributed by atoms with Gasteiger partial charge in [0.1, 0.15) is 0 Å². The van der Waals surface area contributed by atoms with E-state index in [2.05, 4.69) is 31.4 Å². The molecule has 3 nitrogen and oxygen atoms in total. The highest BCUT2D eigenvalue weighted by Crippen LogP contribution is 2.45. The second kappa shape index (κ2) is 4.35. The number of nitrogens with two attached hydrogens (primary N) is 1. The number of hydrogen-bond acceptors (Lipinski definition) is 2. The summed E-state index contributed by atoms with van der Waals surface area (Å²) in [5, 5.41) is 0. The second-order valence-corrected chi connectivity index (χ2v) is 7.19. The zero-order chi connectivity index (χ0) is 13.8. The minimum atomic E-state index is 0.206. The molecule has 2 aliphatic rings. The predicted molar refractivity (Wildman–Crippen MR) is 77.3 cm³/mol. The van der Waals surface area contributed by atoms with E-state index >= 15 is 0 Å². The van der Waals surface area contributed by atoms with E-state index in [0.29, 0.717) is 17.6 Å². The van der Waals surface area contributed by atoms with E-state index in [-0.39, 0.29) is 6.04 Å². The van der Waals surface area contributed by atoms with Crippen molar-refractivity contribution in [2.24, 2.45) is 11.1 Å². The van der Waals surface area contributed by atoms with Crippen molar-refractivity contribution in [3.63, 3.8) is 0 Å². The lowest BCUT2D eigenvalue weighted by atomic mass is 9.74. The molecule has 0 aromatic carbocycles. The maximum absolute atomic E-state index is 6.38. The van der Waals surface area contributed by atoms with Crippen LogP contribution in [-0.2, 0) is 11.2 Å². The number of methoxy groups -OCH3 is 1. The quantitative estimate of drug-likeness (QED) is 0.889. The van der Waals surface area contributed by atoms with Gasteiger partial charge in [-0.3, -0.25) is 0 Å². The monoisotopic (exact) mass is 262 g/mol. The minimum Gasteiger partial charge on any atom is -0.381 e. The normalized spacial score (nSPS) is 32.8. The van der Waals surface area contributed by atoms with Crippen LogP contribution in [0.15, 0.2) is 6.07 Å². The van der Waals surface area contributed by atoms with E-state index in [0.717, 1.165) is 25.7 Å². The molecule has 0 aliphatic heterocycles. The molecule has 1 saturated carbocycles. The van der Waals surface area contributed by atoms with E-state index in [1.807, 2.05) is 7.11 Å². The molecule has 1 aromatic rings. The number of aryl methyl sites for hydroxylation is 1. The van der Waals surface area contributed by atoms with Gasteiger partial charge in [-0.2, -0.15) is 0 Å². The van der Waals surface area contributed by atoms with Gasteiger partial charge in [-0.05, 0) is 49.7 Å². The topological polar surface area (TPSA) is 40.2 Å².